The van der Waals surface area contributed by atoms with Crippen molar-refractivity contribution in [2.24, 2.45) is 0 Å². The summed E-state index contributed by atoms with van der Waals surface area (Å²) in [6.07, 6.45) is 1.31. The van der Waals surface area contributed by atoms with Crippen LogP contribution in [-0.4, -0.2) is 30.1 Å². The molecule has 3 aromatic rings. The minimum absolute atomic E-state index is 0.201. The van der Waals surface area contributed by atoms with Crippen LogP contribution < -0.4 is 20.1 Å². The molecule has 0 saturated heterocycles. The summed E-state index contributed by atoms with van der Waals surface area (Å²) in [5, 5.41) is 6.45. The number of methoxy groups -OCH3 is 2. The van der Waals surface area contributed by atoms with E-state index in [1.54, 1.807) is 43.5 Å². The van der Waals surface area contributed by atoms with E-state index in [-0.39, 0.29) is 5.69 Å². The van der Waals surface area contributed by atoms with Crippen LogP contribution in [0.25, 0.3) is 0 Å². The fourth-order valence-corrected chi connectivity index (χ4v) is 2.54. The Bertz CT molecular complexity index is 965. The summed E-state index contributed by atoms with van der Waals surface area (Å²) in [6, 6.07) is 13.8. The zero-order valence-corrected chi connectivity index (χ0v) is 15.4. The molecular weight excluding hydrogens is 368 g/mol. The first-order valence-electron chi connectivity index (χ1n) is 7.97. The third-order valence-electron chi connectivity index (χ3n) is 3.65. The molecule has 1 aromatic heterocycles. The van der Waals surface area contributed by atoms with Crippen molar-refractivity contribution in [2.75, 3.05) is 24.9 Å². The summed E-state index contributed by atoms with van der Waals surface area (Å²) >= 11 is 5.98. The topological polar surface area (TPSA) is 85.4 Å². The zero-order valence-electron chi connectivity index (χ0n) is 14.7. The molecule has 2 N–H and O–H groups in total. The quantitative estimate of drug-likeness (QED) is 0.664. The van der Waals surface area contributed by atoms with E-state index in [1.807, 2.05) is 12.1 Å². The molecule has 0 aliphatic heterocycles. The fraction of sp³-hybridized carbons (Fsp3) is 0.105. The molecule has 1 amide bonds. The maximum Gasteiger partial charge on any atom is 0.274 e. The van der Waals surface area contributed by atoms with Crippen molar-refractivity contribution < 1.29 is 14.3 Å². The van der Waals surface area contributed by atoms with Gasteiger partial charge in [0.25, 0.3) is 5.91 Å². The van der Waals surface area contributed by atoms with E-state index < -0.39 is 5.91 Å². The number of hydrogen-bond donors (Lipinski definition) is 2. The summed E-state index contributed by atoms with van der Waals surface area (Å²) < 4.78 is 10.4. The first-order valence-corrected chi connectivity index (χ1v) is 8.35. The van der Waals surface area contributed by atoms with Crippen molar-refractivity contribution in [2.45, 2.75) is 0 Å². The lowest BCUT2D eigenvalue weighted by atomic mass is 10.2. The number of nitrogens with zero attached hydrogens (tertiary/aromatic N) is 2. The highest BCUT2D eigenvalue weighted by molar-refractivity contribution is 6.30. The monoisotopic (exact) mass is 384 g/mol. The molecule has 0 radical (unpaired) electrons. The lowest BCUT2D eigenvalue weighted by Crippen LogP contribution is -2.15. The summed E-state index contributed by atoms with van der Waals surface area (Å²) in [7, 11) is 3.07. The van der Waals surface area contributed by atoms with Crippen molar-refractivity contribution in [3.63, 3.8) is 0 Å². The van der Waals surface area contributed by atoms with Crippen LogP contribution in [0.2, 0.25) is 5.02 Å². The van der Waals surface area contributed by atoms with E-state index in [4.69, 9.17) is 21.1 Å². The Morgan fingerprint density at radius 1 is 1.04 bits per heavy atom. The maximum absolute atomic E-state index is 12.6. The molecule has 7 nitrogen and oxygen atoms in total. The second-order valence-electron chi connectivity index (χ2n) is 5.44. The lowest BCUT2D eigenvalue weighted by Gasteiger charge is -2.12. The van der Waals surface area contributed by atoms with Gasteiger partial charge in [-0.2, -0.15) is 0 Å². The van der Waals surface area contributed by atoms with Crippen LogP contribution in [0.4, 0.5) is 17.2 Å². The van der Waals surface area contributed by atoms with Gasteiger partial charge >= 0.3 is 0 Å². The summed E-state index contributed by atoms with van der Waals surface area (Å²) in [5.41, 5.74) is 1.46. The molecule has 2 aromatic carbocycles. The number of benzene rings is 2. The van der Waals surface area contributed by atoms with Gasteiger partial charge in [-0.15, -0.1) is 0 Å². The molecular formula is C19H17ClN4O3. The van der Waals surface area contributed by atoms with Crippen LogP contribution in [0.3, 0.4) is 0 Å². The van der Waals surface area contributed by atoms with Crippen LogP contribution in [0.5, 0.6) is 11.5 Å². The number of halogens is 1. The van der Waals surface area contributed by atoms with Crippen LogP contribution in [0.1, 0.15) is 10.5 Å². The smallest absolute Gasteiger partial charge is 0.274 e. The Kier molecular flexibility index (Phi) is 5.73. The lowest BCUT2D eigenvalue weighted by molar-refractivity contribution is 0.102. The van der Waals surface area contributed by atoms with Crippen LogP contribution >= 0.6 is 11.6 Å². The third-order valence-corrected chi connectivity index (χ3v) is 3.89. The fourth-order valence-electron chi connectivity index (χ4n) is 2.35. The highest BCUT2D eigenvalue weighted by Crippen LogP contribution is 2.29. The Morgan fingerprint density at radius 2 is 1.89 bits per heavy atom. The maximum atomic E-state index is 12.6. The largest absolute Gasteiger partial charge is 0.497 e. The molecule has 0 bridgehead atoms. The van der Waals surface area contributed by atoms with E-state index in [0.29, 0.717) is 28.0 Å². The second kappa shape index (κ2) is 8.37. The number of nitrogens with one attached hydrogen (secondary N) is 2. The van der Waals surface area contributed by atoms with Gasteiger partial charge in [0.15, 0.2) is 0 Å². The Labute approximate surface area is 161 Å². The van der Waals surface area contributed by atoms with Crippen molar-refractivity contribution >= 4 is 34.7 Å². The van der Waals surface area contributed by atoms with Crippen LogP contribution in [0, 0.1) is 0 Å². The van der Waals surface area contributed by atoms with Gasteiger partial charge in [0, 0.05) is 22.8 Å². The van der Waals surface area contributed by atoms with E-state index in [2.05, 4.69) is 20.6 Å². The van der Waals surface area contributed by atoms with Crippen molar-refractivity contribution in [1.29, 1.82) is 0 Å². The van der Waals surface area contributed by atoms with Crippen LogP contribution in [0.15, 0.2) is 54.9 Å². The number of amides is 1. The minimum atomic E-state index is -0.394. The van der Waals surface area contributed by atoms with Crippen molar-refractivity contribution in [1.82, 2.24) is 9.97 Å². The van der Waals surface area contributed by atoms with Gasteiger partial charge in [0.05, 0.1) is 19.9 Å². The third kappa shape index (κ3) is 4.65. The molecule has 138 valence electrons. The molecule has 8 heteroatoms. The second-order valence-corrected chi connectivity index (χ2v) is 5.88. The first-order chi connectivity index (χ1) is 13.1. The van der Waals surface area contributed by atoms with Gasteiger partial charge in [0.1, 0.15) is 29.3 Å². The molecule has 0 unspecified atom stereocenters. The zero-order chi connectivity index (χ0) is 19.2. The van der Waals surface area contributed by atoms with E-state index in [1.165, 1.54) is 13.4 Å². The van der Waals surface area contributed by atoms with Crippen molar-refractivity contribution in [3.05, 3.63) is 65.6 Å². The predicted molar refractivity (Wildman–Crippen MR) is 104 cm³/mol. The van der Waals surface area contributed by atoms with E-state index >= 15 is 0 Å². The molecule has 0 aliphatic carbocycles. The van der Waals surface area contributed by atoms with Gasteiger partial charge < -0.3 is 20.1 Å². The average molecular weight is 385 g/mol. The summed E-state index contributed by atoms with van der Waals surface area (Å²) in [6.45, 7) is 0. The molecule has 0 aliphatic rings. The predicted octanol–water partition coefficient (Wildman–Crippen LogP) is 4.14. The Morgan fingerprint density at radius 3 is 2.63 bits per heavy atom. The van der Waals surface area contributed by atoms with E-state index in [0.717, 1.165) is 5.69 Å². The van der Waals surface area contributed by atoms with Crippen LogP contribution in [-0.2, 0) is 0 Å². The standard InChI is InChI=1S/C19H17ClN4O3/c1-26-14-6-7-15(17(9-14)27-2)24-19(25)16-10-18(22-11-21-16)23-13-5-3-4-12(20)8-13/h3-11H,1-2H3,(H,24,25)(H,21,22,23). The Balaban J connectivity index is 1.77. The number of hydrogen-bond acceptors (Lipinski definition) is 6. The number of aromatic nitrogens is 2. The molecule has 27 heavy (non-hydrogen) atoms. The van der Waals surface area contributed by atoms with Gasteiger partial charge in [-0.25, -0.2) is 9.97 Å². The normalized spacial score (nSPS) is 10.2. The SMILES string of the molecule is COc1ccc(NC(=O)c2cc(Nc3cccc(Cl)c3)ncn2)c(OC)c1. The van der Waals surface area contributed by atoms with Gasteiger partial charge in [-0.05, 0) is 30.3 Å². The molecule has 1 heterocycles. The molecule has 3 rings (SSSR count). The minimum Gasteiger partial charge on any atom is -0.497 e. The summed E-state index contributed by atoms with van der Waals surface area (Å²) in [4.78, 5) is 20.7. The Hall–Kier alpha value is -3.32. The number of ether oxygens (including phenoxy) is 2. The van der Waals surface area contributed by atoms with Gasteiger partial charge in [-0.3, -0.25) is 4.79 Å². The van der Waals surface area contributed by atoms with Crippen molar-refractivity contribution in [3.8, 4) is 11.5 Å². The number of rotatable bonds is 6. The van der Waals surface area contributed by atoms with Gasteiger partial charge in [-0.1, -0.05) is 17.7 Å². The van der Waals surface area contributed by atoms with Gasteiger partial charge in [0.2, 0.25) is 0 Å². The molecule has 0 spiro atoms. The number of carbonyl (C=O) groups is 1. The first kappa shape index (κ1) is 18.5. The summed E-state index contributed by atoms with van der Waals surface area (Å²) in [5.74, 6) is 1.18. The highest BCUT2D eigenvalue weighted by atomic mass is 35.5. The average Bonchev–Trinajstić information content (AvgIpc) is 2.68. The molecule has 0 saturated carbocycles. The number of anilines is 3. The number of carbonyl (C=O) groups excluding carboxylic acids is 1. The molecule has 0 fully saturated rings. The highest BCUT2D eigenvalue weighted by Gasteiger charge is 2.13. The van der Waals surface area contributed by atoms with E-state index in [9.17, 15) is 4.79 Å². The molecule has 0 atom stereocenters.